The van der Waals surface area contributed by atoms with Gasteiger partial charge in [-0.15, -0.1) is 0 Å². The number of aromatic nitrogens is 2. The van der Waals surface area contributed by atoms with Crippen LogP contribution in [-0.2, 0) is 14.6 Å². The summed E-state index contributed by atoms with van der Waals surface area (Å²) >= 11 is 5.95. The molecule has 2 aromatic heterocycles. The average molecular weight is 489 g/mol. The monoisotopic (exact) mass is 488 g/mol. The van der Waals surface area contributed by atoms with E-state index in [0.29, 0.717) is 48.1 Å². The van der Waals surface area contributed by atoms with Crippen LogP contribution < -0.4 is 10.2 Å². The molecule has 1 amide bonds. The van der Waals surface area contributed by atoms with E-state index in [9.17, 15) is 18.5 Å². The molecule has 0 aliphatic carbocycles. The minimum Gasteiger partial charge on any atom is -0.372 e. The minimum atomic E-state index is -3.35. The SMILES string of the molecule is CCS(=O)(=O)c1ccc(NC2CCN(C3CCN(c4ncc(Cl)cc4C#N)CC3)C2=O)cn1. The molecule has 2 aliphatic rings. The third kappa shape index (κ3) is 4.89. The maximum absolute atomic E-state index is 13.0. The predicted octanol–water partition coefficient (Wildman–Crippen LogP) is 2.48. The molecule has 33 heavy (non-hydrogen) atoms. The molecule has 1 atom stereocenters. The molecule has 2 aliphatic heterocycles. The van der Waals surface area contributed by atoms with E-state index < -0.39 is 9.84 Å². The van der Waals surface area contributed by atoms with Crippen LogP contribution in [0, 0.1) is 11.3 Å². The number of anilines is 2. The van der Waals surface area contributed by atoms with Crippen molar-refractivity contribution >= 4 is 38.9 Å². The van der Waals surface area contributed by atoms with Gasteiger partial charge in [-0.1, -0.05) is 18.5 Å². The number of hydrogen-bond donors (Lipinski definition) is 1. The second-order valence-electron chi connectivity index (χ2n) is 8.16. The second kappa shape index (κ2) is 9.53. The number of nitrogens with zero attached hydrogens (tertiary/aromatic N) is 5. The zero-order valence-electron chi connectivity index (χ0n) is 18.2. The number of halogens is 1. The van der Waals surface area contributed by atoms with Gasteiger partial charge >= 0.3 is 0 Å². The molecule has 0 bridgehead atoms. The van der Waals surface area contributed by atoms with Crippen molar-refractivity contribution < 1.29 is 13.2 Å². The van der Waals surface area contributed by atoms with Crippen LogP contribution in [0.25, 0.3) is 0 Å². The van der Waals surface area contributed by atoms with E-state index in [2.05, 4.69) is 26.3 Å². The number of amides is 1. The van der Waals surface area contributed by atoms with Gasteiger partial charge in [0.25, 0.3) is 0 Å². The summed E-state index contributed by atoms with van der Waals surface area (Å²) in [6, 6.07) is 6.66. The highest BCUT2D eigenvalue weighted by Gasteiger charge is 2.37. The maximum atomic E-state index is 13.0. The molecule has 0 saturated carbocycles. The number of carbonyl (C=O) groups excluding carboxylic acids is 1. The Bertz CT molecular complexity index is 1170. The van der Waals surface area contributed by atoms with Crippen LogP contribution in [0.3, 0.4) is 0 Å². The number of carbonyl (C=O) groups is 1. The van der Waals surface area contributed by atoms with Crippen molar-refractivity contribution in [1.29, 1.82) is 5.26 Å². The van der Waals surface area contributed by atoms with Crippen molar-refractivity contribution in [3.8, 4) is 6.07 Å². The van der Waals surface area contributed by atoms with E-state index in [0.717, 1.165) is 12.8 Å². The van der Waals surface area contributed by atoms with Gasteiger partial charge in [-0.05, 0) is 37.5 Å². The number of pyridine rings is 2. The summed E-state index contributed by atoms with van der Waals surface area (Å²) in [4.78, 5) is 25.4. The van der Waals surface area contributed by atoms with Gasteiger partial charge in [0, 0.05) is 31.9 Å². The van der Waals surface area contributed by atoms with Gasteiger partial charge in [-0.25, -0.2) is 18.4 Å². The second-order valence-corrected chi connectivity index (χ2v) is 10.8. The van der Waals surface area contributed by atoms with Gasteiger partial charge < -0.3 is 15.1 Å². The Kier molecular flexibility index (Phi) is 6.72. The van der Waals surface area contributed by atoms with Gasteiger partial charge in [0.2, 0.25) is 5.91 Å². The van der Waals surface area contributed by atoms with Crippen molar-refractivity contribution in [2.45, 2.75) is 43.3 Å². The third-order valence-corrected chi connectivity index (χ3v) is 8.02. The van der Waals surface area contributed by atoms with Crippen LogP contribution in [0.5, 0.6) is 0 Å². The molecule has 2 fully saturated rings. The number of sulfone groups is 1. The number of rotatable bonds is 6. The summed E-state index contributed by atoms with van der Waals surface area (Å²) in [5, 5.41) is 13.0. The van der Waals surface area contributed by atoms with Gasteiger partial charge in [0.15, 0.2) is 14.9 Å². The average Bonchev–Trinajstić information content (AvgIpc) is 3.19. The van der Waals surface area contributed by atoms with E-state index >= 15 is 0 Å². The van der Waals surface area contributed by atoms with Crippen LogP contribution in [0.15, 0.2) is 35.6 Å². The van der Waals surface area contributed by atoms with Crippen LogP contribution in [0.2, 0.25) is 5.02 Å². The lowest BCUT2D eigenvalue weighted by molar-refractivity contribution is -0.130. The first kappa shape index (κ1) is 23.3. The highest BCUT2D eigenvalue weighted by atomic mass is 35.5. The molecule has 0 radical (unpaired) electrons. The molecule has 4 heterocycles. The first-order valence-corrected chi connectivity index (χ1v) is 12.9. The quantitative estimate of drug-likeness (QED) is 0.658. The Labute approximate surface area is 198 Å². The van der Waals surface area contributed by atoms with Crippen molar-refractivity contribution in [2.75, 3.05) is 35.6 Å². The minimum absolute atomic E-state index is 0.00638. The fourth-order valence-corrected chi connectivity index (χ4v) is 5.30. The number of piperidine rings is 1. The van der Waals surface area contributed by atoms with E-state index in [4.69, 9.17) is 11.6 Å². The summed E-state index contributed by atoms with van der Waals surface area (Å²) in [5.41, 5.74) is 1.08. The van der Waals surface area contributed by atoms with Crippen molar-refractivity contribution in [1.82, 2.24) is 14.9 Å². The van der Waals surface area contributed by atoms with E-state index in [1.54, 1.807) is 25.3 Å². The van der Waals surface area contributed by atoms with Crippen molar-refractivity contribution in [3.05, 3.63) is 41.2 Å². The van der Waals surface area contributed by atoms with Crippen LogP contribution in [0.4, 0.5) is 11.5 Å². The Morgan fingerprint density at radius 3 is 2.58 bits per heavy atom. The molecule has 1 unspecified atom stereocenters. The number of nitrogens with one attached hydrogen (secondary N) is 1. The first-order chi connectivity index (χ1) is 15.8. The van der Waals surface area contributed by atoms with Crippen LogP contribution in [-0.4, -0.2) is 66.7 Å². The molecule has 0 aromatic carbocycles. The Morgan fingerprint density at radius 1 is 1.18 bits per heavy atom. The first-order valence-electron chi connectivity index (χ1n) is 10.9. The van der Waals surface area contributed by atoms with Crippen molar-refractivity contribution in [3.63, 3.8) is 0 Å². The van der Waals surface area contributed by atoms with Gasteiger partial charge in [0.1, 0.15) is 17.9 Å². The van der Waals surface area contributed by atoms with Crippen LogP contribution in [0.1, 0.15) is 31.7 Å². The van der Waals surface area contributed by atoms with E-state index in [1.807, 2.05) is 4.90 Å². The van der Waals surface area contributed by atoms with Gasteiger partial charge in [-0.2, -0.15) is 5.26 Å². The number of hydrogen-bond acceptors (Lipinski definition) is 8. The van der Waals surface area contributed by atoms with Crippen molar-refractivity contribution in [2.24, 2.45) is 0 Å². The summed E-state index contributed by atoms with van der Waals surface area (Å²) in [6.45, 7) is 3.65. The summed E-state index contributed by atoms with van der Waals surface area (Å²) in [7, 11) is -3.35. The largest absolute Gasteiger partial charge is 0.372 e. The number of nitriles is 1. The zero-order chi connectivity index (χ0) is 23.6. The lowest BCUT2D eigenvalue weighted by Crippen LogP contribution is -2.47. The molecule has 2 saturated heterocycles. The molecule has 2 aromatic rings. The van der Waals surface area contributed by atoms with Gasteiger partial charge in [0.05, 0.1) is 28.2 Å². The molecule has 1 N–H and O–H groups in total. The lowest BCUT2D eigenvalue weighted by atomic mass is 10.0. The van der Waals surface area contributed by atoms with Crippen LogP contribution >= 0.6 is 11.6 Å². The number of likely N-dealkylation sites (tertiary alicyclic amines) is 1. The standard InChI is InChI=1S/C22H25ClN6O3S/c1-2-33(31,32)20-4-3-17(14-25-20)27-19-7-10-29(22(19)30)18-5-8-28(9-6-18)21-15(12-24)11-16(23)13-26-21/h3-4,11,13-14,18-19,27H,2,5-10H2,1H3. The maximum Gasteiger partial charge on any atom is 0.245 e. The molecular formula is C22H25ClN6O3S. The Hall–Kier alpha value is -2.90. The molecule has 11 heteroatoms. The third-order valence-electron chi connectivity index (χ3n) is 6.17. The normalized spacial score (nSPS) is 19.5. The highest BCUT2D eigenvalue weighted by Crippen LogP contribution is 2.28. The topological polar surface area (TPSA) is 119 Å². The molecule has 174 valence electrons. The highest BCUT2D eigenvalue weighted by molar-refractivity contribution is 7.91. The van der Waals surface area contributed by atoms with Gasteiger partial charge in [-0.3, -0.25) is 4.79 Å². The summed E-state index contributed by atoms with van der Waals surface area (Å²) in [5.74, 6) is 0.669. The smallest absolute Gasteiger partial charge is 0.245 e. The Morgan fingerprint density at radius 2 is 1.94 bits per heavy atom. The lowest BCUT2D eigenvalue weighted by Gasteiger charge is -2.37. The molecule has 9 nitrogen and oxygen atoms in total. The molecule has 4 rings (SSSR count). The summed E-state index contributed by atoms with van der Waals surface area (Å²) < 4.78 is 23.8. The zero-order valence-corrected chi connectivity index (χ0v) is 19.8. The predicted molar refractivity (Wildman–Crippen MR) is 125 cm³/mol. The van der Waals surface area contributed by atoms with E-state index in [1.165, 1.54) is 12.3 Å². The van der Waals surface area contributed by atoms with E-state index in [-0.39, 0.29) is 28.8 Å². The molecule has 0 spiro atoms. The fourth-order valence-electron chi connectivity index (χ4n) is 4.35. The summed E-state index contributed by atoms with van der Waals surface area (Å²) in [6.07, 6.45) is 5.26. The molecular weight excluding hydrogens is 464 g/mol. The fraction of sp³-hybridized carbons (Fsp3) is 0.455. The Balaban J connectivity index is 1.35.